The van der Waals surface area contributed by atoms with E-state index in [2.05, 4.69) is 27.7 Å². The number of fused-ring (bicyclic) bond motifs is 5. The van der Waals surface area contributed by atoms with Crippen LogP contribution in [0.3, 0.4) is 0 Å². The van der Waals surface area contributed by atoms with Crippen molar-refractivity contribution >= 4 is 11.8 Å². The number of Topliss-reactive ketones (excluding diaryl/α,β-unsaturated/α-hetero) is 1. The van der Waals surface area contributed by atoms with E-state index >= 15 is 0 Å². The van der Waals surface area contributed by atoms with Crippen LogP contribution in [0.2, 0.25) is 0 Å². The molecule has 0 spiro atoms. The number of ether oxygens (including phenoxy) is 9. The minimum atomic E-state index is -2.01. The molecule has 0 aromatic heterocycles. The summed E-state index contributed by atoms with van der Waals surface area (Å²) in [6.45, 7) is 6.88. The molecule has 28 atom stereocenters. The van der Waals surface area contributed by atoms with E-state index in [0.717, 1.165) is 39.0 Å². The van der Waals surface area contributed by atoms with Gasteiger partial charge in [0, 0.05) is 25.9 Å². The molecule has 8 aliphatic rings. The molecule has 0 aromatic carbocycles. The second kappa shape index (κ2) is 24.6. The lowest BCUT2D eigenvalue weighted by Crippen LogP contribution is -2.68. The number of carbonyl (C=O) groups is 2. The fourth-order valence-electron chi connectivity index (χ4n) is 14.3. The van der Waals surface area contributed by atoms with Gasteiger partial charge in [0.2, 0.25) is 0 Å². The number of rotatable bonds is 18. The summed E-state index contributed by atoms with van der Waals surface area (Å²) in [4.78, 5) is 26.6. The zero-order valence-corrected chi connectivity index (χ0v) is 43.9. The van der Waals surface area contributed by atoms with Crippen LogP contribution in [0.5, 0.6) is 0 Å². The topological polar surface area (TPSA) is 380 Å². The molecule has 0 amide bonds. The molecule has 76 heavy (non-hydrogen) atoms. The third-order valence-corrected chi connectivity index (χ3v) is 18.5. The van der Waals surface area contributed by atoms with Gasteiger partial charge in [-0.25, -0.2) is 0 Å². The lowest BCUT2D eigenvalue weighted by Gasteiger charge is -2.59. The first-order chi connectivity index (χ1) is 36.0. The maximum absolute atomic E-state index is 14.2. The van der Waals surface area contributed by atoms with Crippen LogP contribution in [0.1, 0.15) is 92.4 Å². The second-order valence-corrected chi connectivity index (χ2v) is 23.6. The molecule has 436 valence electrons. The van der Waals surface area contributed by atoms with Crippen LogP contribution < -0.4 is 0 Å². The molecule has 24 nitrogen and oxygen atoms in total. The number of aliphatic hydroxyl groups excluding tert-OH is 13. The quantitative estimate of drug-likeness (QED) is 0.0481. The normalized spacial score (nSPS) is 49.1. The van der Waals surface area contributed by atoms with Gasteiger partial charge in [0.1, 0.15) is 110 Å². The Morgan fingerprint density at radius 3 is 1.88 bits per heavy atom. The van der Waals surface area contributed by atoms with Gasteiger partial charge in [-0.3, -0.25) is 9.59 Å². The summed E-state index contributed by atoms with van der Waals surface area (Å²) >= 11 is 0. The Morgan fingerprint density at radius 2 is 1.29 bits per heavy atom. The van der Waals surface area contributed by atoms with Gasteiger partial charge < -0.3 is 109 Å². The van der Waals surface area contributed by atoms with Gasteiger partial charge in [-0.15, -0.1) is 0 Å². The van der Waals surface area contributed by atoms with Crippen LogP contribution >= 0.6 is 0 Å². The highest BCUT2D eigenvalue weighted by Gasteiger charge is 2.64. The second-order valence-electron chi connectivity index (χ2n) is 23.6. The molecule has 4 heterocycles. The van der Waals surface area contributed by atoms with E-state index in [-0.39, 0.29) is 53.8 Å². The molecule has 24 heteroatoms. The molecular formula is C52H84O24. The molecule has 4 aliphatic heterocycles. The van der Waals surface area contributed by atoms with Crippen LogP contribution in [-0.4, -0.2) is 240 Å². The lowest BCUT2D eigenvalue weighted by molar-refractivity contribution is -0.397. The molecule has 0 bridgehead atoms. The monoisotopic (exact) mass is 1090 g/mol. The largest absolute Gasteiger partial charge is 0.463 e. The zero-order valence-electron chi connectivity index (χ0n) is 43.9. The summed E-state index contributed by atoms with van der Waals surface area (Å²) in [7, 11) is 0. The van der Waals surface area contributed by atoms with Crippen molar-refractivity contribution in [2.45, 2.75) is 221 Å². The van der Waals surface area contributed by atoms with Gasteiger partial charge in [-0.2, -0.15) is 0 Å². The van der Waals surface area contributed by atoms with E-state index in [0.29, 0.717) is 30.8 Å². The van der Waals surface area contributed by atoms with Crippen molar-refractivity contribution in [1.29, 1.82) is 0 Å². The first-order valence-corrected chi connectivity index (χ1v) is 27.2. The van der Waals surface area contributed by atoms with Crippen molar-refractivity contribution in [2.24, 2.45) is 46.3 Å². The predicted octanol–water partition coefficient (Wildman–Crippen LogP) is -2.98. The van der Waals surface area contributed by atoms with Crippen molar-refractivity contribution < 1.29 is 119 Å². The standard InChI is InChI=1S/C52H84O24/c1-21(2)7-6-8-23(16-53)27-15-28(57)34-24-9-10-26-35(59)30(12-14-51(26,4)25(24)11-13-52(27,34)5)70-49-43(67)45(44(33(73-49)20-68-22(3)56)74-47-41(65)39(63)37(61)31(17-54)71-47)75-50-46(36(60)29(58)19-69-50)76-48-42(66)40(64)38(62)32(18-55)72-48/h10,21,23-25,27,29-50,53-55,58-67H,6-9,11-20H2,1-5H3. The van der Waals surface area contributed by atoms with Gasteiger partial charge in [-0.05, 0) is 84.5 Å². The van der Waals surface area contributed by atoms with Gasteiger partial charge in [-0.1, -0.05) is 46.6 Å². The van der Waals surface area contributed by atoms with E-state index in [9.17, 15) is 76.0 Å². The predicted molar refractivity (Wildman–Crippen MR) is 256 cm³/mol. The number of carbonyl (C=O) groups excluding carboxylic acids is 2. The third-order valence-electron chi connectivity index (χ3n) is 18.5. The van der Waals surface area contributed by atoms with Crippen LogP contribution in [0.4, 0.5) is 0 Å². The van der Waals surface area contributed by atoms with Gasteiger partial charge in [0.25, 0.3) is 0 Å². The molecule has 4 aliphatic carbocycles. The lowest BCUT2D eigenvalue weighted by atomic mass is 9.46. The molecule has 7 fully saturated rings. The summed E-state index contributed by atoms with van der Waals surface area (Å²) in [5.74, 6) is -0.0674. The molecular weight excluding hydrogens is 1010 g/mol. The summed E-state index contributed by atoms with van der Waals surface area (Å²) in [6, 6.07) is 0. The maximum atomic E-state index is 14.2. The fraction of sp³-hybridized carbons (Fsp3) is 0.923. The SMILES string of the molecule is CC(=O)OCC1OC(OC2CCC3(C)C(=CCC4C3CCC3(C)C(C(CO)CCCC(C)C)CC(=O)C43)C2O)C(O)C(OC2OCC(O)C(O)C2OC2OC(CO)C(O)C(O)C2O)C1OC1OC(CO)C(O)C(O)C1O. The Kier molecular flexibility index (Phi) is 19.5. The first kappa shape index (κ1) is 60.1. The molecule has 13 N–H and O–H groups in total. The van der Waals surface area contributed by atoms with Crippen LogP contribution in [0.25, 0.3) is 0 Å². The highest BCUT2D eigenvalue weighted by atomic mass is 16.8. The minimum absolute atomic E-state index is 0.0175. The first-order valence-electron chi connectivity index (χ1n) is 27.2. The van der Waals surface area contributed by atoms with Crippen molar-refractivity contribution in [3.05, 3.63) is 11.6 Å². The Bertz CT molecular complexity index is 1980. The summed E-state index contributed by atoms with van der Waals surface area (Å²) in [6.07, 6.45) is -28.5. The van der Waals surface area contributed by atoms with E-state index in [1.54, 1.807) is 0 Å². The Hall–Kier alpha value is -1.96. The minimum Gasteiger partial charge on any atom is -0.463 e. The average molecular weight is 1090 g/mol. The van der Waals surface area contributed by atoms with E-state index < -0.39 is 167 Å². The molecule has 3 saturated carbocycles. The summed E-state index contributed by atoms with van der Waals surface area (Å²) in [5.41, 5.74) is -0.112. The molecule has 4 saturated heterocycles. The number of esters is 1. The zero-order chi connectivity index (χ0) is 55.3. The molecule has 0 aromatic rings. The number of hydrogen-bond donors (Lipinski definition) is 13. The third kappa shape index (κ3) is 11.6. The van der Waals surface area contributed by atoms with Gasteiger partial charge in [0.05, 0.1) is 25.9 Å². The van der Waals surface area contributed by atoms with Crippen LogP contribution in [0, 0.1) is 46.3 Å². The number of aliphatic hydroxyl groups is 13. The van der Waals surface area contributed by atoms with Crippen molar-refractivity contribution in [3.63, 3.8) is 0 Å². The van der Waals surface area contributed by atoms with Gasteiger partial charge >= 0.3 is 5.97 Å². The van der Waals surface area contributed by atoms with Crippen LogP contribution in [0.15, 0.2) is 11.6 Å². The van der Waals surface area contributed by atoms with Crippen molar-refractivity contribution in [3.8, 4) is 0 Å². The number of ketones is 1. The van der Waals surface area contributed by atoms with Crippen molar-refractivity contribution in [2.75, 3.05) is 33.0 Å². The molecule has 8 rings (SSSR count). The fourth-order valence-corrected chi connectivity index (χ4v) is 14.3. The average Bonchev–Trinajstić information content (AvgIpc) is 3.66. The number of allylic oxidation sites excluding steroid dienone is 1. The smallest absolute Gasteiger partial charge is 0.302 e. The maximum Gasteiger partial charge on any atom is 0.302 e. The van der Waals surface area contributed by atoms with E-state index in [1.807, 2.05) is 6.08 Å². The Balaban J connectivity index is 1.07. The van der Waals surface area contributed by atoms with Crippen LogP contribution in [-0.2, 0) is 52.2 Å². The summed E-state index contributed by atoms with van der Waals surface area (Å²) < 4.78 is 53.6. The highest BCUT2D eigenvalue weighted by Crippen LogP contribution is 2.66. The summed E-state index contributed by atoms with van der Waals surface area (Å²) in [5, 5.41) is 142. The molecule has 0 radical (unpaired) electrons. The van der Waals surface area contributed by atoms with Crippen molar-refractivity contribution in [1.82, 2.24) is 0 Å². The Morgan fingerprint density at radius 1 is 0.697 bits per heavy atom. The van der Waals surface area contributed by atoms with Gasteiger partial charge in [0.15, 0.2) is 25.2 Å². The Labute approximate surface area is 441 Å². The molecule has 28 unspecified atom stereocenters. The van der Waals surface area contributed by atoms with E-state index in [1.165, 1.54) is 0 Å². The van der Waals surface area contributed by atoms with E-state index in [4.69, 9.17) is 42.6 Å². The highest BCUT2D eigenvalue weighted by molar-refractivity contribution is 5.85. The number of hydrogen-bond acceptors (Lipinski definition) is 24.